The first kappa shape index (κ1) is 17.3. The highest BCUT2D eigenvalue weighted by Crippen LogP contribution is 2.23. The zero-order chi connectivity index (χ0) is 16.8. The first-order valence-electron chi connectivity index (χ1n) is 8.59. The van der Waals surface area contributed by atoms with Crippen molar-refractivity contribution in [3.8, 4) is 5.75 Å². The van der Waals surface area contributed by atoms with Gasteiger partial charge in [-0.2, -0.15) is 0 Å². The van der Waals surface area contributed by atoms with Crippen molar-refractivity contribution < 1.29 is 9.53 Å². The standard InChI is InChI=1S/C18H27N3O2/c1-5-9-12-20(7-3)18(22)16-14(6-2)19-17-15(23-8-4)11-10-13-21(16)17/h10-11,13H,5-9,12H2,1-4H3. The van der Waals surface area contributed by atoms with Gasteiger partial charge in [-0.05, 0) is 38.8 Å². The monoisotopic (exact) mass is 317 g/mol. The summed E-state index contributed by atoms with van der Waals surface area (Å²) in [5.41, 5.74) is 2.22. The fourth-order valence-electron chi connectivity index (χ4n) is 2.73. The molecule has 0 saturated heterocycles. The number of ether oxygens (including phenoxy) is 1. The second kappa shape index (κ2) is 7.99. The van der Waals surface area contributed by atoms with Crippen LogP contribution in [0, 0.1) is 0 Å². The van der Waals surface area contributed by atoms with Crippen LogP contribution in [0.3, 0.4) is 0 Å². The quantitative estimate of drug-likeness (QED) is 0.748. The molecule has 0 fully saturated rings. The van der Waals surface area contributed by atoms with Gasteiger partial charge in [-0.25, -0.2) is 4.98 Å². The van der Waals surface area contributed by atoms with Crippen LogP contribution in [0.4, 0.5) is 0 Å². The topological polar surface area (TPSA) is 46.8 Å². The minimum Gasteiger partial charge on any atom is -0.490 e. The molecule has 126 valence electrons. The minimum absolute atomic E-state index is 0.0546. The van der Waals surface area contributed by atoms with Crippen molar-refractivity contribution in [2.24, 2.45) is 0 Å². The molecule has 0 aliphatic carbocycles. The van der Waals surface area contributed by atoms with E-state index in [1.807, 2.05) is 48.4 Å². The summed E-state index contributed by atoms with van der Waals surface area (Å²) in [6.07, 6.45) is 4.71. The average Bonchev–Trinajstić information content (AvgIpc) is 2.95. The molecular weight excluding hydrogens is 290 g/mol. The second-order valence-corrected chi connectivity index (χ2v) is 5.50. The zero-order valence-electron chi connectivity index (χ0n) is 14.6. The summed E-state index contributed by atoms with van der Waals surface area (Å²) in [6.45, 7) is 10.2. The van der Waals surface area contributed by atoms with E-state index < -0.39 is 0 Å². The first-order chi connectivity index (χ1) is 11.2. The van der Waals surface area contributed by atoms with Crippen LogP contribution < -0.4 is 4.74 Å². The Hall–Kier alpha value is -2.04. The highest BCUT2D eigenvalue weighted by molar-refractivity contribution is 5.95. The maximum atomic E-state index is 13.0. The fraction of sp³-hybridized carbons (Fsp3) is 0.556. The summed E-state index contributed by atoms with van der Waals surface area (Å²) in [5.74, 6) is 0.777. The van der Waals surface area contributed by atoms with E-state index in [1.54, 1.807) is 0 Å². The molecule has 2 aromatic rings. The van der Waals surface area contributed by atoms with Crippen molar-refractivity contribution in [3.05, 3.63) is 29.7 Å². The Morgan fingerprint density at radius 2 is 2.09 bits per heavy atom. The van der Waals surface area contributed by atoms with Crippen LogP contribution in [-0.4, -0.2) is 39.9 Å². The summed E-state index contributed by atoms with van der Waals surface area (Å²) >= 11 is 0. The van der Waals surface area contributed by atoms with E-state index in [2.05, 4.69) is 11.9 Å². The maximum Gasteiger partial charge on any atom is 0.272 e. The molecule has 2 rings (SSSR count). The van der Waals surface area contributed by atoms with E-state index >= 15 is 0 Å². The fourth-order valence-corrected chi connectivity index (χ4v) is 2.73. The highest BCUT2D eigenvalue weighted by Gasteiger charge is 2.23. The summed E-state index contributed by atoms with van der Waals surface area (Å²) in [6, 6.07) is 3.80. The molecule has 0 aromatic carbocycles. The summed E-state index contributed by atoms with van der Waals surface area (Å²) < 4.78 is 7.53. The van der Waals surface area contributed by atoms with Gasteiger partial charge in [0, 0.05) is 19.3 Å². The minimum atomic E-state index is 0.0546. The van der Waals surface area contributed by atoms with E-state index in [0.29, 0.717) is 18.8 Å². The second-order valence-electron chi connectivity index (χ2n) is 5.50. The maximum absolute atomic E-state index is 13.0. The Bertz CT molecular complexity index is 664. The number of pyridine rings is 1. The Morgan fingerprint density at radius 3 is 2.70 bits per heavy atom. The van der Waals surface area contributed by atoms with Crippen molar-refractivity contribution in [2.75, 3.05) is 19.7 Å². The van der Waals surface area contributed by atoms with E-state index in [9.17, 15) is 4.79 Å². The SMILES string of the molecule is CCCCN(CC)C(=O)c1c(CC)nc2c(OCC)cccn12. The Labute approximate surface area is 138 Å². The van der Waals surface area contributed by atoms with Gasteiger partial charge < -0.3 is 9.64 Å². The molecule has 5 nitrogen and oxygen atoms in total. The smallest absolute Gasteiger partial charge is 0.272 e. The number of hydrogen-bond acceptors (Lipinski definition) is 3. The highest BCUT2D eigenvalue weighted by atomic mass is 16.5. The van der Waals surface area contributed by atoms with Crippen molar-refractivity contribution in [3.63, 3.8) is 0 Å². The number of unbranched alkanes of at least 4 members (excludes halogenated alkanes) is 1. The van der Waals surface area contributed by atoms with Gasteiger partial charge in [0.25, 0.3) is 5.91 Å². The number of fused-ring (bicyclic) bond motifs is 1. The van der Waals surface area contributed by atoms with Crippen LogP contribution in [-0.2, 0) is 6.42 Å². The molecule has 5 heteroatoms. The molecule has 0 bridgehead atoms. The van der Waals surface area contributed by atoms with Gasteiger partial charge in [0.2, 0.25) is 0 Å². The zero-order valence-corrected chi connectivity index (χ0v) is 14.6. The number of carbonyl (C=O) groups is 1. The molecule has 0 spiro atoms. The van der Waals surface area contributed by atoms with Gasteiger partial charge in [0.15, 0.2) is 11.4 Å². The molecule has 2 heterocycles. The molecule has 0 atom stereocenters. The average molecular weight is 317 g/mol. The number of imidazole rings is 1. The predicted molar refractivity (Wildman–Crippen MR) is 92.2 cm³/mol. The van der Waals surface area contributed by atoms with Crippen LogP contribution in [0.5, 0.6) is 5.75 Å². The number of rotatable bonds is 8. The predicted octanol–water partition coefficient (Wildman–Crippen LogP) is 3.56. The third kappa shape index (κ3) is 3.49. The number of aromatic nitrogens is 2. The molecule has 0 aliphatic heterocycles. The Morgan fingerprint density at radius 1 is 1.30 bits per heavy atom. The van der Waals surface area contributed by atoms with Crippen molar-refractivity contribution in [1.82, 2.24) is 14.3 Å². The van der Waals surface area contributed by atoms with E-state index in [4.69, 9.17) is 4.74 Å². The number of aryl methyl sites for hydroxylation is 1. The van der Waals surface area contributed by atoms with Gasteiger partial charge in [-0.15, -0.1) is 0 Å². The number of amides is 1. The lowest BCUT2D eigenvalue weighted by Gasteiger charge is -2.21. The molecule has 0 radical (unpaired) electrons. The van der Waals surface area contributed by atoms with E-state index in [0.717, 1.165) is 42.9 Å². The summed E-state index contributed by atoms with van der Waals surface area (Å²) in [7, 11) is 0. The van der Waals surface area contributed by atoms with E-state index in [-0.39, 0.29) is 5.91 Å². The van der Waals surface area contributed by atoms with Gasteiger partial charge in [0.1, 0.15) is 5.69 Å². The molecule has 0 N–H and O–H groups in total. The Balaban J connectivity index is 2.50. The first-order valence-corrected chi connectivity index (χ1v) is 8.59. The van der Waals surface area contributed by atoms with Gasteiger partial charge >= 0.3 is 0 Å². The van der Waals surface area contributed by atoms with Crippen molar-refractivity contribution in [2.45, 2.75) is 47.0 Å². The van der Waals surface area contributed by atoms with Crippen LogP contribution in [0.1, 0.15) is 56.7 Å². The number of nitrogens with zero attached hydrogens (tertiary/aromatic N) is 3. The summed E-state index contributed by atoms with van der Waals surface area (Å²) in [5, 5.41) is 0. The lowest BCUT2D eigenvalue weighted by atomic mass is 10.2. The molecule has 0 unspecified atom stereocenters. The molecule has 2 aromatic heterocycles. The molecular formula is C18H27N3O2. The Kier molecular flexibility index (Phi) is 6.02. The third-order valence-corrected chi connectivity index (χ3v) is 3.97. The van der Waals surface area contributed by atoms with E-state index in [1.165, 1.54) is 0 Å². The van der Waals surface area contributed by atoms with Crippen molar-refractivity contribution in [1.29, 1.82) is 0 Å². The van der Waals surface area contributed by atoms with Crippen LogP contribution in [0.2, 0.25) is 0 Å². The van der Waals surface area contributed by atoms with Crippen LogP contribution in [0.25, 0.3) is 5.65 Å². The molecule has 23 heavy (non-hydrogen) atoms. The largest absolute Gasteiger partial charge is 0.490 e. The lowest BCUT2D eigenvalue weighted by Crippen LogP contribution is -2.33. The van der Waals surface area contributed by atoms with Gasteiger partial charge in [-0.1, -0.05) is 20.3 Å². The number of hydrogen-bond donors (Lipinski definition) is 0. The molecule has 0 saturated carbocycles. The van der Waals surface area contributed by atoms with Crippen LogP contribution >= 0.6 is 0 Å². The number of carbonyl (C=O) groups excluding carboxylic acids is 1. The molecule has 0 aliphatic rings. The van der Waals surface area contributed by atoms with Crippen LogP contribution in [0.15, 0.2) is 18.3 Å². The third-order valence-electron chi connectivity index (χ3n) is 3.97. The summed E-state index contributed by atoms with van der Waals surface area (Å²) in [4.78, 5) is 19.6. The molecule has 1 amide bonds. The van der Waals surface area contributed by atoms with Gasteiger partial charge in [0.05, 0.1) is 12.3 Å². The van der Waals surface area contributed by atoms with Gasteiger partial charge in [-0.3, -0.25) is 9.20 Å². The van der Waals surface area contributed by atoms with Crippen molar-refractivity contribution >= 4 is 11.6 Å². The lowest BCUT2D eigenvalue weighted by molar-refractivity contribution is 0.0754. The normalized spacial score (nSPS) is 11.0.